The zero-order valence-corrected chi connectivity index (χ0v) is 21.1. The van der Waals surface area contributed by atoms with E-state index in [-0.39, 0.29) is 24.0 Å². The summed E-state index contributed by atoms with van der Waals surface area (Å²) in [5.41, 5.74) is 1.94. The molecule has 3 rings (SSSR count). The third kappa shape index (κ3) is 7.21. The van der Waals surface area contributed by atoms with Crippen LogP contribution in [0.15, 0.2) is 33.8 Å². The number of thiazole rings is 1. The van der Waals surface area contributed by atoms with Crippen molar-refractivity contribution in [1.82, 2.24) is 25.8 Å². The highest BCUT2D eigenvalue weighted by molar-refractivity contribution is 14.0. The van der Waals surface area contributed by atoms with Crippen molar-refractivity contribution in [2.45, 2.75) is 33.6 Å². The van der Waals surface area contributed by atoms with Crippen molar-refractivity contribution in [3.05, 3.63) is 50.8 Å². The number of hydrogen-bond acceptors (Lipinski definition) is 6. The van der Waals surface area contributed by atoms with Gasteiger partial charge in [-0.1, -0.05) is 28.9 Å². The van der Waals surface area contributed by atoms with Crippen LogP contribution >= 0.6 is 46.9 Å². The summed E-state index contributed by atoms with van der Waals surface area (Å²) in [6.07, 6.45) is 1.44. The lowest BCUT2D eigenvalue weighted by atomic mass is 10.2. The smallest absolute Gasteiger partial charge is 0.228 e. The average Bonchev–Trinajstić information content (AvgIpc) is 3.28. The molecule has 0 spiro atoms. The zero-order chi connectivity index (χ0) is 20.6. The van der Waals surface area contributed by atoms with Gasteiger partial charge in [-0.05, 0) is 32.9 Å². The van der Waals surface area contributed by atoms with E-state index in [4.69, 9.17) is 16.1 Å². The van der Waals surface area contributed by atoms with Crippen LogP contribution in [0.1, 0.15) is 28.4 Å². The molecule has 0 radical (unpaired) electrons. The first-order chi connectivity index (χ1) is 14.0. The molecule has 10 heteroatoms. The van der Waals surface area contributed by atoms with Crippen LogP contribution in [-0.2, 0) is 12.8 Å². The Morgan fingerprint density at radius 2 is 2.03 bits per heavy atom. The third-order valence-corrected chi connectivity index (χ3v) is 5.56. The van der Waals surface area contributed by atoms with E-state index in [1.807, 2.05) is 38.1 Å². The Hall–Kier alpha value is -1.72. The Morgan fingerprint density at radius 1 is 1.20 bits per heavy atom. The molecule has 1 aromatic carbocycles. The van der Waals surface area contributed by atoms with Gasteiger partial charge < -0.3 is 15.2 Å². The van der Waals surface area contributed by atoms with Crippen molar-refractivity contribution in [3.63, 3.8) is 0 Å². The van der Waals surface area contributed by atoms with E-state index >= 15 is 0 Å². The zero-order valence-electron chi connectivity index (χ0n) is 17.2. The van der Waals surface area contributed by atoms with Gasteiger partial charge in [-0.2, -0.15) is 4.98 Å². The normalized spacial score (nSPS) is 11.3. The molecule has 0 unspecified atom stereocenters. The Bertz CT molecular complexity index is 954. The second-order valence-corrected chi connectivity index (χ2v) is 8.18. The molecule has 3 aromatic rings. The molecule has 7 nitrogen and oxygen atoms in total. The summed E-state index contributed by atoms with van der Waals surface area (Å²) in [5.74, 6) is 1.88. The number of nitrogens with zero attached hydrogens (tertiary/aromatic N) is 4. The largest absolute Gasteiger partial charge is 0.357 e. The lowest BCUT2D eigenvalue weighted by molar-refractivity contribution is 0.378. The maximum Gasteiger partial charge on any atom is 0.228 e. The van der Waals surface area contributed by atoms with Gasteiger partial charge in [0.25, 0.3) is 0 Å². The molecule has 30 heavy (non-hydrogen) atoms. The average molecular weight is 561 g/mol. The van der Waals surface area contributed by atoms with Gasteiger partial charge in [-0.25, -0.2) is 4.98 Å². The highest BCUT2D eigenvalue weighted by Gasteiger charge is 2.09. The molecular formula is C20H26ClIN6OS. The Kier molecular flexibility index (Phi) is 9.99. The summed E-state index contributed by atoms with van der Waals surface area (Å²) >= 11 is 7.76. The number of guanidine groups is 1. The molecule has 2 N–H and O–H groups in total. The Morgan fingerprint density at radius 3 is 2.73 bits per heavy atom. The van der Waals surface area contributed by atoms with Gasteiger partial charge >= 0.3 is 0 Å². The Labute approximate surface area is 202 Å². The lowest BCUT2D eigenvalue weighted by Gasteiger charge is -2.09. The second kappa shape index (κ2) is 12.2. The fourth-order valence-corrected chi connectivity index (χ4v) is 3.75. The molecule has 2 heterocycles. The molecule has 0 aliphatic rings. The molecule has 0 atom stereocenters. The fourth-order valence-electron chi connectivity index (χ4n) is 2.64. The molecule has 0 fully saturated rings. The van der Waals surface area contributed by atoms with Crippen molar-refractivity contribution >= 4 is 52.9 Å². The van der Waals surface area contributed by atoms with Gasteiger partial charge in [0.1, 0.15) is 0 Å². The van der Waals surface area contributed by atoms with E-state index in [0.717, 1.165) is 35.2 Å². The molecular weight excluding hydrogens is 535 g/mol. The van der Waals surface area contributed by atoms with E-state index in [2.05, 4.69) is 37.7 Å². The number of hydrogen-bond donors (Lipinski definition) is 2. The van der Waals surface area contributed by atoms with Crippen LogP contribution in [0.2, 0.25) is 5.02 Å². The molecule has 0 amide bonds. The summed E-state index contributed by atoms with van der Waals surface area (Å²) in [4.78, 5) is 14.9. The molecule has 2 aromatic heterocycles. The third-order valence-electron chi connectivity index (χ3n) is 4.19. The molecule has 0 saturated heterocycles. The molecule has 0 bridgehead atoms. The first kappa shape index (κ1) is 24.5. The quantitative estimate of drug-likeness (QED) is 0.241. The molecule has 0 saturated carbocycles. The van der Waals surface area contributed by atoms with E-state index in [9.17, 15) is 0 Å². The number of nitrogens with one attached hydrogen (secondary N) is 2. The summed E-state index contributed by atoms with van der Waals surface area (Å²) in [5, 5.41) is 12.4. The van der Waals surface area contributed by atoms with Gasteiger partial charge in [0.2, 0.25) is 11.7 Å². The number of aromatic nitrogens is 3. The highest BCUT2D eigenvalue weighted by atomic mass is 127. The lowest BCUT2D eigenvalue weighted by Crippen LogP contribution is -2.38. The molecule has 162 valence electrons. The van der Waals surface area contributed by atoms with Crippen LogP contribution in [-0.4, -0.2) is 40.7 Å². The highest BCUT2D eigenvalue weighted by Crippen LogP contribution is 2.20. The van der Waals surface area contributed by atoms with Crippen molar-refractivity contribution in [2.24, 2.45) is 4.99 Å². The summed E-state index contributed by atoms with van der Waals surface area (Å²) in [6.45, 7) is 8.29. The van der Waals surface area contributed by atoms with E-state index < -0.39 is 0 Å². The van der Waals surface area contributed by atoms with Gasteiger partial charge in [0.15, 0.2) is 5.96 Å². The summed E-state index contributed by atoms with van der Waals surface area (Å²) in [7, 11) is 0. The molecule has 0 aliphatic carbocycles. The van der Waals surface area contributed by atoms with Crippen molar-refractivity contribution in [1.29, 1.82) is 0 Å². The van der Waals surface area contributed by atoms with Gasteiger partial charge in [-0.3, -0.25) is 4.99 Å². The van der Waals surface area contributed by atoms with Crippen LogP contribution in [0.25, 0.3) is 11.4 Å². The van der Waals surface area contributed by atoms with Crippen LogP contribution in [0.4, 0.5) is 0 Å². The maximum atomic E-state index is 6.02. The number of benzene rings is 1. The number of aliphatic imine (C=N–C) groups is 1. The van der Waals surface area contributed by atoms with Gasteiger partial charge in [0.05, 0.1) is 10.7 Å². The van der Waals surface area contributed by atoms with Crippen LogP contribution in [0, 0.1) is 13.8 Å². The van der Waals surface area contributed by atoms with Gasteiger partial charge in [-0.15, -0.1) is 35.3 Å². The first-order valence-corrected chi connectivity index (χ1v) is 10.8. The summed E-state index contributed by atoms with van der Waals surface area (Å²) in [6, 6.07) is 7.40. The SMILES string of the molecule is CCNC(=NCCc1nc(C)c(C)s1)NCCc1nc(-c2cccc(Cl)c2)no1.I. The van der Waals surface area contributed by atoms with Gasteiger partial charge in [0, 0.05) is 47.9 Å². The minimum absolute atomic E-state index is 0. The van der Waals surface area contributed by atoms with Crippen LogP contribution in [0.5, 0.6) is 0 Å². The van der Waals surface area contributed by atoms with E-state index in [1.165, 1.54) is 4.88 Å². The van der Waals surface area contributed by atoms with Crippen molar-refractivity contribution in [3.8, 4) is 11.4 Å². The topological polar surface area (TPSA) is 88.2 Å². The van der Waals surface area contributed by atoms with E-state index in [0.29, 0.717) is 36.2 Å². The monoisotopic (exact) mass is 560 g/mol. The van der Waals surface area contributed by atoms with E-state index in [1.54, 1.807) is 11.3 Å². The summed E-state index contributed by atoms with van der Waals surface area (Å²) < 4.78 is 5.34. The van der Waals surface area contributed by atoms with Crippen LogP contribution < -0.4 is 10.6 Å². The van der Waals surface area contributed by atoms with Crippen molar-refractivity contribution < 1.29 is 4.52 Å². The number of halogens is 2. The minimum atomic E-state index is 0. The van der Waals surface area contributed by atoms with Crippen molar-refractivity contribution in [2.75, 3.05) is 19.6 Å². The van der Waals surface area contributed by atoms with Crippen LogP contribution in [0.3, 0.4) is 0 Å². The molecule has 0 aliphatic heterocycles. The predicted molar refractivity (Wildman–Crippen MR) is 133 cm³/mol. The fraction of sp³-hybridized carbons (Fsp3) is 0.400. The Balaban J connectivity index is 0.00000320. The first-order valence-electron chi connectivity index (χ1n) is 9.58. The number of rotatable bonds is 8. The standard InChI is InChI=1S/C20H25ClN6OS.HI/c1-4-22-20(24-11-9-18-25-13(2)14(3)29-18)23-10-8-17-26-19(27-28-17)15-6-5-7-16(21)12-15;/h5-7,12H,4,8-11H2,1-3H3,(H2,22,23,24);1H. The predicted octanol–water partition coefficient (Wildman–Crippen LogP) is 4.42. The number of aryl methyl sites for hydroxylation is 2. The minimum Gasteiger partial charge on any atom is -0.357 e. The second-order valence-electron chi connectivity index (χ2n) is 6.46. The maximum absolute atomic E-state index is 6.02.